The summed E-state index contributed by atoms with van der Waals surface area (Å²) in [6.45, 7) is 3.14. The minimum atomic E-state index is -0.209. The third-order valence-electron chi connectivity index (χ3n) is 7.21. The minimum absolute atomic E-state index is 0.0249. The van der Waals surface area contributed by atoms with Crippen LogP contribution in [0.15, 0.2) is 41.2 Å². The van der Waals surface area contributed by atoms with Crippen molar-refractivity contribution in [2.45, 2.75) is 37.8 Å². The van der Waals surface area contributed by atoms with Crippen LogP contribution in [0.4, 0.5) is 11.4 Å². The highest BCUT2D eigenvalue weighted by molar-refractivity contribution is 6.31. The number of anilines is 2. The standard InChI is InChI=1S/C26H29ClN6O2/c27-15-5-7-19-17(13-15)24(29-20-4-2-1-3-18(20)28)23(26(34)32-19)25-30-21-8-6-16(14-22(21)31-25)33-9-11-35-12-10-33/h5-8,13-14,18,20H,1-4,9-12,28H2,(H,30,31)(H2,29,32,34)/t18-,20-/m1/s1. The molecule has 2 aromatic carbocycles. The Bertz CT molecular complexity index is 1440. The van der Waals surface area contributed by atoms with Crippen LogP contribution in [0.1, 0.15) is 25.7 Å². The molecule has 1 saturated carbocycles. The van der Waals surface area contributed by atoms with Crippen LogP contribution in [-0.4, -0.2) is 53.3 Å². The number of nitrogens with zero attached hydrogens (tertiary/aromatic N) is 2. The van der Waals surface area contributed by atoms with Gasteiger partial charge in [-0.1, -0.05) is 24.4 Å². The van der Waals surface area contributed by atoms with Crippen molar-refractivity contribution in [3.63, 3.8) is 0 Å². The van der Waals surface area contributed by atoms with Crippen LogP contribution in [0.2, 0.25) is 5.02 Å². The molecule has 0 radical (unpaired) electrons. The molecular weight excluding hydrogens is 464 g/mol. The molecule has 5 N–H and O–H groups in total. The van der Waals surface area contributed by atoms with Crippen molar-refractivity contribution in [3.8, 4) is 11.4 Å². The number of H-pyrrole nitrogens is 2. The van der Waals surface area contributed by atoms with Crippen molar-refractivity contribution >= 4 is 44.9 Å². The van der Waals surface area contributed by atoms with E-state index < -0.39 is 0 Å². The molecule has 2 aromatic heterocycles. The SMILES string of the molecule is N[C@@H]1CCCC[C@H]1Nc1c(-c2nc3cc(N4CCOCC4)ccc3[nH]2)c(=O)[nH]c2ccc(Cl)cc12. The number of hydrogen-bond donors (Lipinski definition) is 4. The predicted octanol–water partition coefficient (Wildman–Crippen LogP) is 4.24. The van der Waals surface area contributed by atoms with Gasteiger partial charge < -0.3 is 30.7 Å². The van der Waals surface area contributed by atoms with Gasteiger partial charge in [0.05, 0.1) is 35.5 Å². The van der Waals surface area contributed by atoms with Gasteiger partial charge in [-0.15, -0.1) is 0 Å². The van der Waals surface area contributed by atoms with Crippen LogP contribution < -0.4 is 21.5 Å². The highest BCUT2D eigenvalue weighted by Gasteiger charge is 2.26. The van der Waals surface area contributed by atoms with E-state index in [0.717, 1.165) is 85.3 Å². The van der Waals surface area contributed by atoms with Crippen molar-refractivity contribution < 1.29 is 4.74 Å². The van der Waals surface area contributed by atoms with E-state index >= 15 is 0 Å². The summed E-state index contributed by atoms with van der Waals surface area (Å²) < 4.78 is 5.48. The Morgan fingerprint density at radius 2 is 1.86 bits per heavy atom. The topological polar surface area (TPSA) is 112 Å². The molecule has 9 heteroatoms. The van der Waals surface area contributed by atoms with E-state index in [1.807, 2.05) is 18.2 Å². The van der Waals surface area contributed by atoms with Gasteiger partial charge in [-0.05, 0) is 49.2 Å². The first-order chi connectivity index (χ1) is 17.1. The second kappa shape index (κ2) is 9.18. The lowest BCUT2D eigenvalue weighted by molar-refractivity contribution is 0.122. The van der Waals surface area contributed by atoms with Gasteiger partial charge in [-0.2, -0.15) is 0 Å². The second-order valence-corrected chi connectivity index (χ2v) is 9.92. The zero-order valence-corrected chi connectivity index (χ0v) is 20.2. The van der Waals surface area contributed by atoms with E-state index in [4.69, 9.17) is 27.1 Å². The summed E-state index contributed by atoms with van der Waals surface area (Å²) in [6, 6.07) is 11.8. The molecule has 8 nitrogen and oxygen atoms in total. The van der Waals surface area contributed by atoms with E-state index in [2.05, 4.69) is 32.3 Å². The van der Waals surface area contributed by atoms with E-state index in [1.54, 1.807) is 6.07 Å². The number of rotatable bonds is 4. The molecule has 2 fully saturated rings. The zero-order chi connectivity index (χ0) is 23.9. The number of aromatic nitrogens is 3. The maximum absolute atomic E-state index is 13.4. The van der Waals surface area contributed by atoms with Crippen LogP contribution in [0, 0.1) is 0 Å². The highest BCUT2D eigenvalue weighted by Crippen LogP contribution is 2.35. The number of ether oxygens (including phenoxy) is 1. The molecule has 0 bridgehead atoms. The maximum atomic E-state index is 13.4. The largest absolute Gasteiger partial charge is 0.379 e. The molecular formula is C26H29ClN6O2. The van der Waals surface area contributed by atoms with Gasteiger partial charge in [0.2, 0.25) is 0 Å². The van der Waals surface area contributed by atoms with Crippen molar-refractivity contribution in [2.24, 2.45) is 5.73 Å². The highest BCUT2D eigenvalue weighted by atomic mass is 35.5. The van der Waals surface area contributed by atoms with Crippen LogP contribution >= 0.6 is 11.6 Å². The quantitative estimate of drug-likeness (QED) is 0.339. The Kier molecular flexibility index (Phi) is 5.88. The van der Waals surface area contributed by atoms with Crippen LogP contribution in [0.3, 0.4) is 0 Å². The Hall–Kier alpha value is -3.07. The summed E-state index contributed by atoms with van der Waals surface area (Å²) in [5.41, 5.74) is 11.0. The van der Waals surface area contributed by atoms with E-state index in [0.29, 0.717) is 16.4 Å². The molecule has 3 heterocycles. The lowest BCUT2D eigenvalue weighted by atomic mass is 9.90. The number of imidazole rings is 1. The summed E-state index contributed by atoms with van der Waals surface area (Å²) in [5, 5.41) is 5.08. The number of hydrogen-bond acceptors (Lipinski definition) is 6. The minimum Gasteiger partial charge on any atom is -0.379 e. The van der Waals surface area contributed by atoms with E-state index in [1.165, 1.54) is 0 Å². The molecule has 0 unspecified atom stereocenters. The zero-order valence-electron chi connectivity index (χ0n) is 19.4. The van der Waals surface area contributed by atoms with Gasteiger partial charge in [-0.3, -0.25) is 4.79 Å². The number of benzene rings is 2. The van der Waals surface area contributed by atoms with Crippen molar-refractivity contribution in [1.29, 1.82) is 0 Å². The molecule has 0 spiro atoms. The molecule has 6 rings (SSSR count). The number of aromatic amines is 2. The fraction of sp³-hybridized carbons (Fsp3) is 0.385. The van der Waals surface area contributed by atoms with Crippen molar-refractivity contribution in [1.82, 2.24) is 15.0 Å². The van der Waals surface area contributed by atoms with E-state index in [-0.39, 0.29) is 17.6 Å². The van der Waals surface area contributed by atoms with E-state index in [9.17, 15) is 4.79 Å². The molecule has 1 aliphatic carbocycles. The molecule has 2 aliphatic rings. The fourth-order valence-corrected chi connectivity index (χ4v) is 5.47. The summed E-state index contributed by atoms with van der Waals surface area (Å²) in [4.78, 5) is 27.0. The lowest BCUT2D eigenvalue weighted by Crippen LogP contribution is -2.43. The second-order valence-electron chi connectivity index (χ2n) is 9.48. The average molecular weight is 493 g/mol. The molecule has 4 aromatic rings. The van der Waals surface area contributed by atoms with Gasteiger partial charge >= 0.3 is 0 Å². The van der Waals surface area contributed by atoms with Gasteiger partial charge in [-0.25, -0.2) is 4.98 Å². The molecule has 0 amide bonds. The Labute approximate surface area is 207 Å². The first kappa shape index (κ1) is 22.4. The molecule has 2 atom stereocenters. The van der Waals surface area contributed by atoms with Crippen molar-refractivity contribution in [2.75, 3.05) is 36.5 Å². The number of morpholine rings is 1. The molecule has 182 valence electrons. The van der Waals surface area contributed by atoms with Gasteiger partial charge in [0.25, 0.3) is 5.56 Å². The summed E-state index contributed by atoms with van der Waals surface area (Å²) in [6.07, 6.45) is 4.16. The predicted molar refractivity (Wildman–Crippen MR) is 142 cm³/mol. The Balaban J connectivity index is 1.48. The Morgan fingerprint density at radius 1 is 1.06 bits per heavy atom. The number of nitrogens with two attached hydrogens (primary N) is 1. The summed E-state index contributed by atoms with van der Waals surface area (Å²) >= 11 is 6.37. The average Bonchev–Trinajstić information content (AvgIpc) is 3.29. The molecule has 1 saturated heterocycles. The smallest absolute Gasteiger partial charge is 0.261 e. The number of pyridine rings is 1. The lowest BCUT2D eigenvalue weighted by Gasteiger charge is -2.31. The van der Waals surface area contributed by atoms with Crippen molar-refractivity contribution in [3.05, 3.63) is 51.8 Å². The third-order valence-corrected chi connectivity index (χ3v) is 7.44. The number of halogens is 1. The summed E-state index contributed by atoms with van der Waals surface area (Å²) in [5.74, 6) is 0.522. The van der Waals surface area contributed by atoms with Gasteiger partial charge in [0.1, 0.15) is 11.4 Å². The maximum Gasteiger partial charge on any atom is 0.261 e. The monoisotopic (exact) mass is 492 g/mol. The molecule has 35 heavy (non-hydrogen) atoms. The van der Waals surface area contributed by atoms with Gasteiger partial charge in [0, 0.05) is 41.3 Å². The normalized spacial score (nSPS) is 21.0. The fourth-order valence-electron chi connectivity index (χ4n) is 5.30. The van der Waals surface area contributed by atoms with Crippen LogP contribution in [-0.2, 0) is 4.74 Å². The Morgan fingerprint density at radius 3 is 2.69 bits per heavy atom. The molecule has 1 aliphatic heterocycles. The number of nitrogens with one attached hydrogen (secondary N) is 3. The van der Waals surface area contributed by atoms with Crippen LogP contribution in [0.5, 0.6) is 0 Å². The first-order valence-corrected chi connectivity index (χ1v) is 12.6. The van der Waals surface area contributed by atoms with Gasteiger partial charge in [0.15, 0.2) is 0 Å². The number of fused-ring (bicyclic) bond motifs is 2. The third kappa shape index (κ3) is 4.26. The summed E-state index contributed by atoms with van der Waals surface area (Å²) in [7, 11) is 0. The first-order valence-electron chi connectivity index (χ1n) is 12.3. The van der Waals surface area contributed by atoms with Crippen LogP contribution in [0.25, 0.3) is 33.3 Å².